The van der Waals surface area contributed by atoms with Crippen molar-refractivity contribution in [3.63, 3.8) is 0 Å². The minimum atomic E-state index is -0.00245. The lowest BCUT2D eigenvalue weighted by Gasteiger charge is -2.01. The standard InChI is InChI=1S/C13H12N2O2S2/c1-9-6-19-13-14-10(5-12(16)15(9)13)7-18-8-11-3-2-4-17-11/h2-6H,7-8H2,1H3. The van der Waals surface area contributed by atoms with Crippen molar-refractivity contribution in [2.24, 2.45) is 0 Å². The molecule has 98 valence electrons. The van der Waals surface area contributed by atoms with Crippen LogP contribution in [0.4, 0.5) is 0 Å². The Morgan fingerprint density at radius 1 is 1.47 bits per heavy atom. The third kappa shape index (κ3) is 2.59. The lowest BCUT2D eigenvalue weighted by Crippen LogP contribution is -2.14. The van der Waals surface area contributed by atoms with Gasteiger partial charge in [-0.15, -0.1) is 23.1 Å². The number of aromatic nitrogens is 2. The van der Waals surface area contributed by atoms with E-state index >= 15 is 0 Å². The fourth-order valence-electron chi connectivity index (χ4n) is 1.83. The zero-order valence-corrected chi connectivity index (χ0v) is 12.0. The van der Waals surface area contributed by atoms with E-state index in [2.05, 4.69) is 4.98 Å². The van der Waals surface area contributed by atoms with E-state index in [4.69, 9.17) is 4.42 Å². The Labute approximate surface area is 118 Å². The minimum Gasteiger partial charge on any atom is -0.468 e. The highest BCUT2D eigenvalue weighted by molar-refractivity contribution is 7.97. The summed E-state index contributed by atoms with van der Waals surface area (Å²) in [7, 11) is 0. The number of hydrogen-bond acceptors (Lipinski definition) is 5. The van der Waals surface area contributed by atoms with Crippen LogP contribution in [0.1, 0.15) is 17.1 Å². The van der Waals surface area contributed by atoms with E-state index in [1.165, 1.54) is 11.3 Å². The number of rotatable bonds is 4. The summed E-state index contributed by atoms with van der Waals surface area (Å²) in [6.45, 7) is 1.91. The van der Waals surface area contributed by atoms with E-state index in [1.54, 1.807) is 28.5 Å². The summed E-state index contributed by atoms with van der Waals surface area (Å²) in [5.41, 5.74) is 1.76. The number of nitrogens with zero attached hydrogens (tertiary/aromatic N) is 2. The van der Waals surface area contributed by atoms with Gasteiger partial charge in [-0.05, 0) is 19.1 Å². The summed E-state index contributed by atoms with van der Waals surface area (Å²) in [6.07, 6.45) is 1.67. The van der Waals surface area contributed by atoms with Gasteiger partial charge in [-0.3, -0.25) is 9.20 Å². The third-order valence-electron chi connectivity index (χ3n) is 2.70. The lowest BCUT2D eigenvalue weighted by molar-refractivity contribution is 0.530. The van der Waals surface area contributed by atoms with Gasteiger partial charge in [0, 0.05) is 22.9 Å². The van der Waals surface area contributed by atoms with E-state index < -0.39 is 0 Å². The molecule has 0 radical (unpaired) electrons. The van der Waals surface area contributed by atoms with Gasteiger partial charge in [0.15, 0.2) is 4.96 Å². The molecule has 0 saturated carbocycles. The molecule has 0 fully saturated rings. The predicted molar refractivity (Wildman–Crippen MR) is 77.8 cm³/mol. The minimum absolute atomic E-state index is 0.00245. The molecule has 3 heterocycles. The quantitative estimate of drug-likeness (QED) is 0.741. The van der Waals surface area contributed by atoms with Crippen molar-refractivity contribution in [3.05, 3.63) is 57.3 Å². The molecule has 0 amide bonds. The Hall–Kier alpha value is -1.53. The molecule has 0 bridgehead atoms. The number of furan rings is 1. The van der Waals surface area contributed by atoms with Crippen molar-refractivity contribution in [1.82, 2.24) is 9.38 Å². The average molecular weight is 292 g/mol. The van der Waals surface area contributed by atoms with Crippen molar-refractivity contribution in [3.8, 4) is 0 Å². The second-order valence-corrected chi connectivity index (χ2v) is 5.98. The highest BCUT2D eigenvalue weighted by Gasteiger charge is 2.06. The van der Waals surface area contributed by atoms with Gasteiger partial charge in [-0.25, -0.2) is 4.98 Å². The van der Waals surface area contributed by atoms with E-state index in [0.717, 1.165) is 27.9 Å². The first kappa shape index (κ1) is 12.5. The van der Waals surface area contributed by atoms with E-state index in [9.17, 15) is 4.79 Å². The molecule has 0 aliphatic heterocycles. The first-order chi connectivity index (χ1) is 9.24. The normalized spacial score (nSPS) is 11.2. The maximum absolute atomic E-state index is 12.0. The fraction of sp³-hybridized carbons (Fsp3) is 0.231. The molecule has 3 rings (SSSR count). The zero-order valence-electron chi connectivity index (χ0n) is 10.3. The molecule has 19 heavy (non-hydrogen) atoms. The average Bonchev–Trinajstić information content (AvgIpc) is 3.00. The van der Waals surface area contributed by atoms with Crippen LogP contribution in [-0.4, -0.2) is 9.38 Å². The van der Waals surface area contributed by atoms with Gasteiger partial charge in [-0.1, -0.05) is 0 Å². The lowest BCUT2D eigenvalue weighted by atomic mass is 10.4. The van der Waals surface area contributed by atoms with Crippen molar-refractivity contribution < 1.29 is 4.42 Å². The number of thioether (sulfide) groups is 1. The Bertz CT molecular complexity index is 744. The maximum Gasteiger partial charge on any atom is 0.258 e. The zero-order chi connectivity index (χ0) is 13.2. The van der Waals surface area contributed by atoms with Crippen LogP contribution in [0.3, 0.4) is 0 Å². The van der Waals surface area contributed by atoms with Crippen LogP contribution in [0.15, 0.2) is 39.1 Å². The smallest absolute Gasteiger partial charge is 0.258 e. The molecular weight excluding hydrogens is 280 g/mol. The summed E-state index contributed by atoms with van der Waals surface area (Å²) in [6, 6.07) is 5.43. The Kier molecular flexibility index (Phi) is 3.44. The number of aryl methyl sites for hydroxylation is 1. The number of hydrogen-bond donors (Lipinski definition) is 0. The molecule has 0 saturated heterocycles. The van der Waals surface area contributed by atoms with Gasteiger partial charge in [-0.2, -0.15) is 0 Å². The van der Waals surface area contributed by atoms with E-state index in [0.29, 0.717) is 5.75 Å². The predicted octanol–water partition coefficient (Wildman–Crippen LogP) is 3.09. The number of fused-ring (bicyclic) bond motifs is 1. The van der Waals surface area contributed by atoms with Crippen molar-refractivity contribution in [2.75, 3.05) is 0 Å². The molecule has 4 nitrogen and oxygen atoms in total. The van der Waals surface area contributed by atoms with Crippen molar-refractivity contribution in [1.29, 1.82) is 0 Å². The van der Waals surface area contributed by atoms with Gasteiger partial charge in [0.1, 0.15) is 5.76 Å². The summed E-state index contributed by atoms with van der Waals surface area (Å²) in [5.74, 6) is 2.44. The van der Waals surface area contributed by atoms with Crippen LogP contribution < -0.4 is 5.56 Å². The maximum atomic E-state index is 12.0. The summed E-state index contributed by atoms with van der Waals surface area (Å²) in [4.78, 5) is 17.2. The van der Waals surface area contributed by atoms with E-state index in [1.807, 2.05) is 24.4 Å². The van der Waals surface area contributed by atoms with Crippen molar-refractivity contribution >= 4 is 28.1 Å². The monoisotopic (exact) mass is 292 g/mol. The van der Waals surface area contributed by atoms with Gasteiger partial charge in [0.2, 0.25) is 0 Å². The summed E-state index contributed by atoms with van der Waals surface area (Å²) >= 11 is 3.19. The summed E-state index contributed by atoms with van der Waals surface area (Å²) < 4.78 is 6.91. The molecule has 3 aromatic heterocycles. The Morgan fingerprint density at radius 2 is 2.37 bits per heavy atom. The second-order valence-electron chi connectivity index (χ2n) is 4.15. The van der Waals surface area contributed by atoms with Gasteiger partial charge < -0.3 is 4.42 Å². The van der Waals surface area contributed by atoms with E-state index in [-0.39, 0.29) is 5.56 Å². The molecule has 0 N–H and O–H groups in total. The SMILES string of the molecule is Cc1csc2nc(CSCc3ccco3)cc(=O)n12. The molecule has 3 aromatic rings. The summed E-state index contributed by atoms with van der Waals surface area (Å²) in [5, 5.41) is 1.95. The molecule has 6 heteroatoms. The molecular formula is C13H12N2O2S2. The Morgan fingerprint density at radius 3 is 3.16 bits per heavy atom. The Balaban J connectivity index is 1.76. The number of thiazole rings is 1. The largest absolute Gasteiger partial charge is 0.468 e. The van der Waals surface area contributed by atoms with Gasteiger partial charge in [0.05, 0.1) is 17.7 Å². The van der Waals surface area contributed by atoms with Crippen LogP contribution in [0, 0.1) is 6.92 Å². The van der Waals surface area contributed by atoms with Crippen LogP contribution in [-0.2, 0) is 11.5 Å². The van der Waals surface area contributed by atoms with Crippen molar-refractivity contribution in [2.45, 2.75) is 18.4 Å². The molecule has 0 atom stereocenters. The molecule has 0 aliphatic rings. The molecule has 0 spiro atoms. The topological polar surface area (TPSA) is 47.5 Å². The first-order valence-corrected chi connectivity index (χ1v) is 7.84. The highest BCUT2D eigenvalue weighted by Crippen LogP contribution is 2.18. The van der Waals surface area contributed by atoms with Crippen LogP contribution in [0.5, 0.6) is 0 Å². The molecule has 0 aliphatic carbocycles. The first-order valence-electron chi connectivity index (χ1n) is 5.81. The van der Waals surface area contributed by atoms with Gasteiger partial charge >= 0.3 is 0 Å². The fourth-order valence-corrected chi connectivity index (χ4v) is 3.54. The molecule has 0 aromatic carbocycles. The highest BCUT2D eigenvalue weighted by atomic mass is 32.2. The van der Waals surface area contributed by atoms with Crippen LogP contribution in [0.2, 0.25) is 0 Å². The van der Waals surface area contributed by atoms with Crippen LogP contribution in [0.25, 0.3) is 4.96 Å². The molecule has 0 unspecified atom stereocenters. The second kappa shape index (κ2) is 5.22. The van der Waals surface area contributed by atoms with Crippen LogP contribution >= 0.6 is 23.1 Å². The third-order valence-corrected chi connectivity index (χ3v) is 4.64. The van der Waals surface area contributed by atoms with Gasteiger partial charge in [0.25, 0.3) is 5.56 Å².